The van der Waals surface area contributed by atoms with Gasteiger partial charge in [0.25, 0.3) is 0 Å². The van der Waals surface area contributed by atoms with Crippen molar-refractivity contribution >= 4 is 86.4 Å². The fourth-order valence-corrected chi connectivity index (χ4v) is 6.77. The van der Waals surface area contributed by atoms with Crippen molar-refractivity contribution < 1.29 is 8.42 Å². The van der Waals surface area contributed by atoms with Crippen LogP contribution in [0.5, 0.6) is 0 Å². The van der Waals surface area contributed by atoms with Crippen LogP contribution in [-0.4, -0.2) is 50.8 Å². The van der Waals surface area contributed by atoms with Gasteiger partial charge in [-0.3, -0.25) is 0 Å². The van der Waals surface area contributed by atoms with Crippen LogP contribution in [0.15, 0.2) is 35.2 Å². The maximum Gasteiger partial charge on any atom is 0.186 e. The van der Waals surface area contributed by atoms with Crippen molar-refractivity contribution in [2.75, 3.05) is 42.2 Å². The Bertz CT molecular complexity index is 1340. The minimum atomic E-state index is -3.23. The monoisotopic (exact) mass is 498 g/mol. The van der Waals surface area contributed by atoms with E-state index in [1.807, 2.05) is 0 Å². The van der Waals surface area contributed by atoms with Crippen LogP contribution in [0.25, 0.3) is 20.4 Å². The molecule has 0 aliphatic carbocycles. The number of benzene rings is 2. The van der Waals surface area contributed by atoms with Crippen LogP contribution in [0.1, 0.15) is 0 Å². The molecule has 1 fully saturated rings. The Labute approximate surface area is 191 Å². The SMILES string of the molecule is CS(=O)(=O)c1ccc2nc(N3CCN(c4nc5c(Cl)ccc(Cl)c5s4)CC3)sc2c1. The number of sulfone groups is 1. The Hall–Kier alpha value is -1.65. The van der Waals surface area contributed by atoms with Gasteiger partial charge in [0.1, 0.15) is 5.52 Å². The highest BCUT2D eigenvalue weighted by atomic mass is 35.5. The molecule has 2 aromatic carbocycles. The third-order valence-electron chi connectivity index (χ3n) is 5.03. The lowest BCUT2D eigenvalue weighted by Crippen LogP contribution is -2.46. The molecule has 6 nitrogen and oxygen atoms in total. The molecular formula is C19H16Cl2N4O2S3. The van der Waals surface area contributed by atoms with Crippen molar-refractivity contribution in [2.45, 2.75) is 4.90 Å². The first-order chi connectivity index (χ1) is 14.3. The quantitative estimate of drug-likeness (QED) is 0.398. The lowest BCUT2D eigenvalue weighted by molar-refractivity contribution is 0.602. The largest absolute Gasteiger partial charge is 0.345 e. The highest BCUT2D eigenvalue weighted by molar-refractivity contribution is 7.90. The molecule has 0 amide bonds. The van der Waals surface area contributed by atoms with E-state index in [4.69, 9.17) is 33.2 Å². The zero-order valence-corrected chi connectivity index (χ0v) is 19.8. The first kappa shape index (κ1) is 20.3. The molecule has 0 atom stereocenters. The fourth-order valence-electron chi connectivity index (χ4n) is 3.42. The third kappa shape index (κ3) is 3.62. The number of rotatable bonds is 3. The van der Waals surface area contributed by atoms with Crippen molar-refractivity contribution in [3.8, 4) is 0 Å². The Morgan fingerprint density at radius 1 is 0.900 bits per heavy atom. The number of hydrogen-bond acceptors (Lipinski definition) is 8. The third-order valence-corrected chi connectivity index (χ3v) is 9.10. The van der Waals surface area contributed by atoms with E-state index in [1.54, 1.807) is 41.7 Å². The van der Waals surface area contributed by atoms with E-state index in [2.05, 4.69) is 9.80 Å². The number of halogens is 2. The number of anilines is 2. The first-order valence-corrected chi connectivity index (χ1v) is 13.4. The summed E-state index contributed by atoms with van der Waals surface area (Å²) in [5.74, 6) is 0. The Balaban J connectivity index is 1.36. The summed E-state index contributed by atoms with van der Waals surface area (Å²) < 4.78 is 25.4. The van der Waals surface area contributed by atoms with E-state index in [0.717, 1.165) is 56.9 Å². The smallest absolute Gasteiger partial charge is 0.186 e. The maximum atomic E-state index is 11.8. The van der Waals surface area contributed by atoms with Crippen LogP contribution in [0, 0.1) is 0 Å². The molecule has 30 heavy (non-hydrogen) atoms. The summed E-state index contributed by atoms with van der Waals surface area (Å²) in [5, 5.41) is 3.10. The van der Waals surface area contributed by atoms with Gasteiger partial charge in [0.2, 0.25) is 0 Å². The van der Waals surface area contributed by atoms with Gasteiger partial charge in [-0.05, 0) is 30.3 Å². The number of piperazine rings is 1. The molecule has 1 aliphatic rings. The van der Waals surface area contributed by atoms with Gasteiger partial charge >= 0.3 is 0 Å². The molecule has 1 saturated heterocycles. The molecule has 2 aromatic heterocycles. The highest BCUT2D eigenvalue weighted by Gasteiger charge is 2.23. The standard InChI is InChI=1S/C19H16Cl2N4O2S3/c1-30(26,27)11-2-5-14-15(10-11)28-18(22-14)24-6-8-25(9-7-24)19-23-16-12(20)3-4-13(21)17(16)29-19/h2-5,10H,6-9H2,1H3. The predicted octanol–water partition coefficient (Wildman–Crippen LogP) is 4.94. The van der Waals surface area contributed by atoms with Gasteiger partial charge < -0.3 is 9.80 Å². The van der Waals surface area contributed by atoms with Gasteiger partial charge in [0.05, 0.1) is 29.9 Å². The molecule has 0 unspecified atom stereocenters. The van der Waals surface area contributed by atoms with Crippen LogP contribution < -0.4 is 9.80 Å². The lowest BCUT2D eigenvalue weighted by Gasteiger charge is -2.34. The van der Waals surface area contributed by atoms with Crippen molar-refractivity contribution in [1.29, 1.82) is 0 Å². The second kappa shape index (κ2) is 7.49. The minimum Gasteiger partial charge on any atom is -0.345 e. The Morgan fingerprint density at radius 3 is 2.17 bits per heavy atom. The summed E-state index contributed by atoms with van der Waals surface area (Å²) in [4.78, 5) is 14.2. The van der Waals surface area contributed by atoms with Gasteiger partial charge in [-0.2, -0.15) is 0 Å². The van der Waals surface area contributed by atoms with Crippen LogP contribution in [0.2, 0.25) is 10.0 Å². The molecule has 0 saturated carbocycles. The summed E-state index contributed by atoms with van der Waals surface area (Å²) >= 11 is 15.7. The Kier molecular flexibility index (Phi) is 5.06. The van der Waals surface area contributed by atoms with Crippen molar-refractivity contribution in [1.82, 2.24) is 9.97 Å². The molecule has 0 spiro atoms. The van der Waals surface area contributed by atoms with E-state index >= 15 is 0 Å². The zero-order chi connectivity index (χ0) is 21.0. The van der Waals surface area contributed by atoms with Gasteiger partial charge in [-0.25, -0.2) is 18.4 Å². The fraction of sp³-hybridized carbons (Fsp3) is 0.263. The van der Waals surface area contributed by atoms with Gasteiger partial charge in [0.15, 0.2) is 20.1 Å². The summed E-state index contributed by atoms with van der Waals surface area (Å²) in [6, 6.07) is 8.67. The highest BCUT2D eigenvalue weighted by Crippen LogP contribution is 2.38. The predicted molar refractivity (Wildman–Crippen MR) is 127 cm³/mol. The average Bonchev–Trinajstić information content (AvgIpc) is 3.35. The van der Waals surface area contributed by atoms with E-state index < -0.39 is 9.84 Å². The average molecular weight is 499 g/mol. The maximum absolute atomic E-state index is 11.8. The molecule has 5 rings (SSSR count). The van der Waals surface area contributed by atoms with E-state index in [0.29, 0.717) is 14.9 Å². The molecule has 0 N–H and O–H groups in total. The van der Waals surface area contributed by atoms with Crippen molar-refractivity contribution in [3.63, 3.8) is 0 Å². The van der Waals surface area contributed by atoms with Crippen LogP contribution in [-0.2, 0) is 9.84 Å². The van der Waals surface area contributed by atoms with Gasteiger partial charge in [0, 0.05) is 32.4 Å². The molecule has 0 bridgehead atoms. The van der Waals surface area contributed by atoms with Crippen molar-refractivity contribution in [3.05, 3.63) is 40.4 Å². The molecule has 11 heteroatoms. The Morgan fingerprint density at radius 2 is 1.53 bits per heavy atom. The van der Waals surface area contributed by atoms with E-state index in [-0.39, 0.29) is 0 Å². The van der Waals surface area contributed by atoms with Crippen LogP contribution >= 0.6 is 45.9 Å². The number of hydrogen-bond donors (Lipinski definition) is 0. The molecule has 0 radical (unpaired) electrons. The number of fused-ring (bicyclic) bond motifs is 2. The van der Waals surface area contributed by atoms with Gasteiger partial charge in [-0.15, -0.1) is 0 Å². The van der Waals surface area contributed by atoms with E-state index in [1.165, 1.54) is 17.6 Å². The lowest BCUT2D eigenvalue weighted by atomic mass is 10.3. The summed E-state index contributed by atoms with van der Waals surface area (Å²) in [7, 11) is -3.23. The molecule has 3 heterocycles. The summed E-state index contributed by atoms with van der Waals surface area (Å²) in [6.07, 6.45) is 1.22. The molecule has 156 valence electrons. The number of nitrogens with zero attached hydrogens (tertiary/aromatic N) is 4. The molecular weight excluding hydrogens is 483 g/mol. The summed E-state index contributed by atoms with van der Waals surface area (Å²) in [5.41, 5.74) is 1.57. The second-order valence-corrected chi connectivity index (χ2v) is 11.9. The normalized spacial score (nSPS) is 15.4. The second-order valence-electron chi connectivity index (χ2n) is 7.08. The van der Waals surface area contributed by atoms with E-state index in [9.17, 15) is 8.42 Å². The first-order valence-electron chi connectivity index (χ1n) is 9.15. The molecule has 1 aliphatic heterocycles. The van der Waals surface area contributed by atoms with Crippen LogP contribution in [0.4, 0.5) is 10.3 Å². The number of thiazole rings is 2. The minimum absolute atomic E-state index is 0.322. The van der Waals surface area contributed by atoms with Crippen molar-refractivity contribution in [2.24, 2.45) is 0 Å². The zero-order valence-electron chi connectivity index (χ0n) is 15.8. The topological polar surface area (TPSA) is 66.4 Å². The summed E-state index contributed by atoms with van der Waals surface area (Å²) in [6.45, 7) is 3.21. The van der Waals surface area contributed by atoms with Gasteiger partial charge in [-0.1, -0.05) is 45.9 Å². The number of aromatic nitrogens is 2. The molecule has 4 aromatic rings. The van der Waals surface area contributed by atoms with Crippen LogP contribution in [0.3, 0.4) is 0 Å².